The van der Waals surface area contributed by atoms with Crippen molar-refractivity contribution in [3.05, 3.63) is 131 Å². The minimum atomic E-state index is -1.79. The maximum Gasteiger partial charge on any atom is 0.300 e. The van der Waals surface area contributed by atoms with Crippen molar-refractivity contribution in [2.75, 3.05) is 24.0 Å². The van der Waals surface area contributed by atoms with Gasteiger partial charge in [-0.15, -0.1) is 0 Å². The Balaban J connectivity index is 1.55. The van der Waals surface area contributed by atoms with E-state index in [4.69, 9.17) is 9.47 Å². The molecule has 0 saturated carbocycles. The van der Waals surface area contributed by atoms with E-state index < -0.39 is 35.3 Å². The Hall–Kier alpha value is -5.12. The summed E-state index contributed by atoms with van der Waals surface area (Å²) in [7, 11) is 2.73. The normalized spacial score (nSPS) is 14.1. The molecular formula is C35H33N3O6. The van der Waals surface area contributed by atoms with Gasteiger partial charge in [-0.2, -0.15) is 0 Å². The van der Waals surface area contributed by atoms with Gasteiger partial charge in [-0.25, -0.2) is 0 Å². The topological polar surface area (TPSA) is 105 Å². The number of nitrogens with one attached hydrogen (secondary N) is 1. The highest BCUT2D eigenvalue weighted by Crippen LogP contribution is 2.45. The molecule has 0 spiro atoms. The summed E-state index contributed by atoms with van der Waals surface area (Å²) < 4.78 is 11.4. The monoisotopic (exact) mass is 591 g/mol. The molecule has 9 heteroatoms. The fourth-order valence-corrected chi connectivity index (χ4v) is 5.37. The van der Waals surface area contributed by atoms with Crippen molar-refractivity contribution in [3.8, 4) is 0 Å². The van der Waals surface area contributed by atoms with Crippen LogP contribution in [0.1, 0.15) is 34.0 Å². The van der Waals surface area contributed by atoms with Gasteiger partial charge >= 0.3 is 0 Å². The minimum Gasteiger partial charge on any atom is -0.350 e. The lowest BCUT2D eigenvalue weighted by molar-refractivity contribution is -0.209. The molecular weight excluding hydrogens is 558 g/mol. The van der Waals surface area contributed by atoms with E-state index in [1.54, 1.807) is 60.4 Å². The Bertz CT molecular complexity index is 1660. The number of ether oxygens (including phenoxy) is 2. The summed E-state index contributed by atoms with van der Waals surface area (Å²) in [5, 5.41) is 2.86. The van der Waals surface area contributed by atoms with Gasteiger partial charge in [-0.1, -0.05) is 91.0 Å². The molecule has 224 valence electrons. The van der Waals surface area contributed by atoms with Gasteiger partial charge in [0.1, 0.15) is 6.04 Å². The van der Waals surface area contributed by atoms with Crippen molar-refractivity contribution in [2.24, 2.45) is 0 Å². The number of amides is 3. The molecule has 1 aliphatic heterocycles. The third-order valence-corrected chi connectivity index (χ3v) is 7.71. The molecule has 0 aromatic heterocycles. The number of rotatable bonds is 11. The van der Waals surface area contributed by atoms with Crippen LogP contribution < -0.4 is 15.1 Å². The molecule has 1 unspecified atom stereocenters. The zero-order chi connectivity index (χ0) is 31.3. The number of hydrogen-bond acceptors (Lipinski definition) is 6. The van der Waals surface area contributed by atoms with Crippen LogP contribution in [-0.2, 0) is 42.7 Å². The zero-order valence-corrected chi connectivity index (χ0v) is 24.7. The second-order valence-corrected chi connectivity index (χ2v) is 10.4. The molecule has 0 radical (unpaired) electrons. The number of Topliss-reactive ketones (excluding diaryl/α,β-unsaturated/α-hetero) is 1. The van der Waals surface area contributed by atoms with E-state index in [-0.39, 0.29) is 24.3 Å². The predicted molar refractivity (Wildman–Crippen MR) is 166 cm³/mol. The fraction of sp³-hybridized carbons (Fsp3) is 0.200. The van der Waals surface area contributed by atoms with E-state index in [0.717, 1.165) is 16.0 Å². The predicted octanol–water partition coefficient (Wildman–Crippen LogP) is 4.60. The highest BCUT2D eigenvalue weighted by atomic mass is 16.7. The molecule has 1 N–H and O–H groups in total. The summed E-state index contributed by atoms with van der Waals surface area (Å²) >= 11 is 0. The molecule has 9 nitrogen and oxygen atoms in total. The van der Waals surface area contributed by atoms with E-state index in [0.29, 0.717) is 11.3 Å². The van der Waals surface area contributed by atoms with Crippen LogP contribution in [0.2, 0.25) is 0 Å². The molecule has 3 amide bonds. The summed E-state index contributed by atoms with van der Waals surface area (Å²) in [4.78, 5) is 57.3. The molecule has 4 aromatic rings. The number of carbonyl (C=O) groups excluding carboxylic acids is 4. The molecule has 44 heavy (non-hydrogen) atoms. The Kier molecular flexibility index (Phi) is 8.99. The van der Waals surface area contributed by atoms with Gasteiger partial charge in [0.25, 0.3) is 23.4 Å². The van der Waals surface area contributed by atoms with Crippen LogP contribution in [0.3, 0.4) is 0 Å². The van der Waals surface area contributed by atoms with Crippen molar-refractivity contribution in [1.82, 2.24) is 5.32 Å². The number of hydrogen-bond donors (Lipinski definition) is 1. The van der Waals surface area contributed by atoms with Gasteiger partial charge in [0.05, 0.1) is 12.2 Å². The van der Waals surface area contributed by atoms with Crippen molar-refractivity contribution in [1.29, 1.82) is 0 Å². The number of methoxy groups -OCH3 is 2. The first-order chi connectivity index (χ1) is 21.3. The van der Waals surface area contributed by atoms with E-state index in [1.807, 2.05) is 60.7 Å². The largest absolute Gasteiger partial charge is 0.350 e. The lowest BCUT2D eigenvalue weighted by atomic mass is 10.0. The lowest BCUT2D eigenvalue weighted by Gasteiger charge is -2.30. The van der Waals surface area contributed by atoms with E-state index in [2.05, 4.69) is 5.32 Å². The minimum absolute atomic E-state index is 0.188. The molecule has 1 atom stereocenters. The van der Waals surface area contributed by atoms with Crippen LogP contribution in [0.5, 0.6) is 0 Å². The number of carbonyl (C=O) groups is 4. The van der Waals surface area contributed by atoms with Crippen LogP contribution >= 0.6 is 0 Å². The Morgan fingerprint density at radius 2 is 1.39 bits per heavy atom. The molecule has 4 aromatic carbocycles. The SMILES string of the molecule is COC1(OC)C(=O)N(Cc2ccccc2)c2ccc(N(C(=O)C(=O)c3ccccc3)C(C)C(=O)NCc3ccccc3)cc21. The van der Waals surface area contributed by atoms with Gasteiger partial charge < -0.3 is 19.7 Å². The average Bonchev–Trinajstić information content (AvgIpc) is 3.30. The van der Waals surface area contributed by atoms with Crippen molar-refractivity contribution in [3.63, 3.8) is 0 Å². The van der Waals surface area contributed by atoms with Gasteiger partial charge in [0.15, 0.2) is 0 Å². The van der Waals surface area contributed by atoms with Gasteiger partial charge in [0.2, 0.25) is 5.91 Å². The highest BCUT2D eigenvalue weighted by Gasteiger charge is 2.53. The standard InChI is InChI=1S/C35H33N3O6/c1-24(32(40)36-22-25-13-7-4-8-14-25)38(33(41)31(39)27-17-11-6-12-18-27)28-19-20-30-29(21-28)35(43-2,44-3)34(42)37(30)23-26-15-9-5-10-16-26/h4-21,24H,22-23H2,1-3H3,(H,36,40). The van der Waals surface area contributed by atoms with Crippen molar-refractivity contribution in [2.45, 2.75) is 31.8 Å². The summed E-state index contributed by atoms with van der Waals surface area (Å²) in [5.74, 6) is -4.37. The van der Waals surface area contributed by atoms with Crippen LogP contribution in [0.15, 0.2) is 109 Å². The molecule has 1 heterocycles. The van der Waals surface area contributed by atoms with Crippen LogP contribution in [0.25, 0.3) is 0 Å². The Morgan fingerprint density at radius 3 is 1.98 bits per heavy atom. The van der Waals surface area contributed by atoms with Gasteiger partial charge in [-0.3, -0.25) is 24.1 Å². The smallest absolute Gasteiger partial charge is 0.300 e. The average molecular weight is 592 g/mol. The summed E-state index contributed by atoms with van der Waals surface area (Å²) in [6, 6.07) is 30.8. The van der Waals surface area contributed by atoms with Crippen LogP contribution in [-0.4, -0.2) is 43.8 Å². The number of ketones is 1. The molecule has 5 rings (SSSR count). The quantitative estimate of drug-likeness (QED) is 0.155. The molecule has 0 aliphatic carbocycles. The maximum atomic E-state index is 13.9. The number of fused-ring (bicyclic) bond motifs is 1. The van der Waals surface area contributed by atoms with E-state index in [9.17, 15) is 19.2 Å². The van der Waals surface area contributed by atoms with Crippen LogP contribution in [0.4, 0.5) is 11.4 Å². The van der Waals surface area contributed by atoms with Gasteiger partial charge in [0, 0.05) is 37.6 Å². The fourth-order valence-electron chi connectivity index (χ4n) is 5.37. The zero-order valence-electron chi connectivity index (χ0n) is 24.7. The molecule has 0 saturated heterocycles. The summed E-state index contributed by atoms with van der Waals surface area (Å²) in [6.07, 6.45) is 0. The second-order valence-electron chi connectivity index (χ2n) is 10.4. The third kappa shape index (κ3) is 5.75. The maximum absolute atomic E-state index is 13.9. The number of anilines is 2. The van der Waals surface area contributed by atoms with Crippen molar-refractivity contribution < 1.29 is 28.7 Å². The third-order valence-electron chi connectivity index (χ3n) is 7.71. The Morgan fingerprint density at radius 1 is 0.818 bits per heavy atom. The van der Waals surface area contributed by atoms with Crippen LogP contribution in [0, 0.1) is 0 Å². The summed E-state index contributed by atoms with van der Waals surface area (Å²) in [6.45, 7) is 2.05. The molecule has 0 bridgehead atoms. The first kappa shape index (κ1) is 30.3. The second kappa shape index (κ2) is 13.0. The Labute approximate surface area is 256 Å². The van der Waals surface area contributed by atoms with E-state index >= 15 is 0 Å². The highest BCUT2D eigenvalue weighted by molar-refractivity contribution is 6.47. The first-order valence-corrected chi connectivity index (χ1v) is 14.2. The summed E-state index contributed by atoms with van der Waals surface area (Å²) in [5.41, 5.74) is 3.07. The number of nitrogens with zero attached hydrogens (tertiary/aromatic N) is 2. The van der Waals surface area contributed by atoms with Crippen molar-refractivity contribution >= 4 is 34.9 Å². The van der Waals surface area contributed by atoms with Gasteiger partial charge in [-0.05, 0) is 36.2 Å². The first-order valence-electron chi connectivity index (χ1n) is 14.2. The molecule has 0 fully saturated rings. The lowest BCUT2D eigenvalue weighted by Crippen LogP contribution is -2.50. The molecule has 1 aliphatic rings. The number of benzene rings is 4. The van der Waals surface area contributed by atoms with E-state index in [1.165, 1.54) is 14.2 Å².